The highest BCUT2D eigenvalue weighted by Gasteiger charge is 2.32. The Labute approximate surface area is 117 Å². The molecule has 0 atom stereocenters. The van der Waals surface area contributed by atoms with E-state index < -0.39 is 0 Å². The summed E-state index contributed by atoms with van der Waals surface area (Å²) in [6.45, 7) is 3.19. The van der Waals surface area contributed by atoms with Gasteiger partial charge in [0, 0.05) is 12.6 Å². The minimum Gasteiger partial charge on any atom is -0.485 e. The van der Waals surface area contributed by atoms with E-state index in [-0.39, 0.29) is 30.8 Å². The Balaban J connectivity index is 1.65. The lowest BCUT2D eigenvalue weighted by Crippen LogP contribution is -2.56. The van der Waals surface area contributed by atoms with Crippen LogP contribution in [0.1, 0.15) is 19.8 Å². The van der Waals surface area contributed by atoms with Crippen LogP contribution in [0, 0.1) is 0 Å². The van der Waals surface area contributed by atoms with Crippen molar-refractivity contribution in [1.82, 2.24) is 9.88 Å². The Morgan fingerprint density at radius 1 is 1.40 bits per heavy atom. The van der Waals surface area contributed by atoms with E-state index in [1.54, 1.807) is 30.3 Å². The molecule has 1 saturated heterocycles. The quantitative estimate of drug-likeness (QED) is 0.727. The molecule has 0 aliphatic carbocycles. The van der Waals surface area contributed by atoms with Gasteiger partial charge in [-0.05, 0) is 19.1 Å². The Bertz CT molecular complexity index is 458. The SMILES string of the molecule is CCOC(=O)CCC(=O)N1CC(Oc2cccnc2)C1. The molecule has 0 unspecified atom stereocenters. The van der Waals surface area contributed by atoms with E-state index in [4.69, 9.17) is 9.47 Å². The van der Waals surface area contributed by atoms with Gasteiger partial charge in [-0.25, -0.2) is 0 Å². The number of aromatic nitrogens is 1. The number of carbonyl (C=O) groups is 2. The van der Waals surface area contributed by atoms with Crippen molar-refractivity contribution in [1.29, 1.82) is 0 Å². The number of pyridine rings is 1. The van der Waals surface area contributed by atoms with Crippen molar-refractivity contribution in [3.63, 3.8) is 0 Å². The number of amides is 1. The maximum atomic E-state index is 11.8. The van der Waals surface area contributed by atoms with E-state index in [9.17, 15) is 9.59 Å². The van der Waals surface area contributed by atoms with Crippen LogP contribution < -0.4 is 4.74 Å². The van der Waals surface area contributed by atoms with Crippen molar-refractivity contribution < 1.29 is 19.1 Å². The minimum atomic E-state index is -0.329. The van der Waals surface area contributed by atoms with Gasteiger partial charge in [0.2, 0.25) is 5.91 Å². The van der Waals surface area contributed by atoms with E-state index in [1.165, 1.54) is 0 Å². The van der Waals surface area contributed by atoms with Crippen LogP contribution in [0.2, 0.25) is 0 Å². The fourth-order valence-corrected chi connectivity index (χ4v) is 1.93. The van der Waals surface area contributed by atoms with Gasteiger partial charge in [-0.2, -0.15) is 0 Å². The number of esters is 1. The molecule has 108 valence electrons. The zero-order valence-corrected chi connectivity index (χ0v) is 11.4. The van der Waals surface area contributed by atoms with Crippen molar-refractivity contribution in [2.24, 2.45) is 0 Å². The topological polar surface area (TPSA) is 68.7 Å². The molecule has 0 radical (unpaired) electrons. The van der Waals surface area contributed by atoms with Crippen LogP contribution in [-0.2, 0) is 14.3 Å². The van der Waals surface area contributed by atoms with Crippen LogP contribution in [0.15, 0.2) is 24.5 Å². The van der Waals surface area contributed by atoms with Gasteiger partial charge >= 0.3 is 5.97 Å². The molecule has 2 heterocycles. The summed E-state index contributed by atoms with van der Waals surface area (Å²) in [6, 6.07) is 3.63. The fourth-order valence-electron chi connectivity index (χ4n) is 1.93. The van der Waals surface area contributed by atoms with E-state index >= 15 is 0 Å². The van der Waals surface area contributed by atoms with E-state index in [0.717, 1.165) is 0 Å². The van der Waals surface area contributed by atoms with E-state index in [1.807, 2.05) is 6.07 Å². The number of nitrogens with zero attached hydrogens (tertiary/aromatic N) is 2. The Morgan fingerprint density at radius 2 is 2.20 bits per heavy atom. The van der Waals surface area contributed by atoms with Gasteiger partial charge in [0.1, 0.15) is 11.9 Å². The molecule has 1 aromatic heterocycles. The Kier molecular flexibility index (Phi) is 4.92. The van der Waals surface area contributed by atoms with Gasteiger partial charge in [-0.15, -0.1) is 0 Å². The van der Waals surface area contributed by atoms with Gasteiger partial charge in [0.15, 0.2) is 0 Å². The Morgan fingerprint density at radius 3 is 2.85 bits per heavy atom. The highest BCUT2D eigenvalue weighted by atomic mass is 16.5. The molecule has 1 fully saturated rings. The van der Waals surface area contributed by atoms with E-state index in [2.05, 4.69) is 4.98 Å². The predicted octanol–water partition coefficient (Wildman–Crippen LogP) is 1.01. The molecule has 1 aliphatic rings. The summed E-state index contributed by atoms with van der Waals surface area (Å²) in [4.78, 5) is 28.6. The lowest BCUT2D eigenvalue weighted by atomic mass is 10.1. The van der Waals surface area contributed by atoms with Crippen LogP contribution in [0.25, 0.3) is 0 Å². The van der Waals surface area contributed by atoms with Gasteiger partial charge in [-0.3, -0.25) is 14.6 Å². The molecule has 20 heavy (non-hydrogen) atoms. The molecule has 0 N–H and O–H groups in total. The number of ether oxygens (including phenoxy) is 2. The largest absolute Gasteiger partial charge is 0.485 e. The first-order valence-electron chi connectivity index (χ1n) is 6.69. The summed E-state index contributed by atoms with van der Waals surface area (Å²) in [5, 5.41) is 0. The second-order valence-corrected chi connectivity index (χ2v) is 4.53. The van der Waals surface area contributed by atoms with Crippen LogP contribution in [-0.4, -0.2) is 47.6 Å². The smallest absolute Gasteiger partial charge is 0.306 e. The molecule has 0 spiro atoms. The summed E-state index contributed by atoms with van der Waals surface area (Å²) in [7, 11) is 0. The molecule has 0 aromatic carbocycles. The summed E-state index contributed by atoms with van der Waals surface area (Å²) in [5.74, 6) is 0.338. The average Bonchev–Trinajstić information content (AvgIpc) is 2.41. The monoisotopic (exact) mass is 278 g/mol. The molecule has 2 rings (SSSR count). The average molecular weight is 278 g/mol. The maximum Gasteiger partial charge on any atom is 0.306 e. The number of rotatable bonds is 6. The first kappa shape index (κ1) is 14.3. The normalized spacial score (nSPS) is 14.6. The van der Waals surface area contributed by atoms with Gasteiger partial charge < -0.3 is 14.4 Å². The first-order chi connectivity index (χ1) is 9.69. The van der Waals surface area contributed by atoms with Crippen molar-refractivity contribution in [3.05, 3.63) is 24.5 Å². The summed E-state index contributed by atoms with van der Waals surface area (Å²) >= 11 is 0. The van der Waals surface area contributed by atoms with Crippen molar-refractivity contribution in [2.75, 3.05) is 19.7 Å². The molecule has 1 aliphatic heterocycles. The highest BCUT2D eigenvalue weighted by molar-refractivity contribution is 5.82. The third kappa shape index (κ3) is 3.94. The van der Waals surface area contributed by atoms with Crippen LogP contribution in [0.4, 0.5) is 0 Å². The third-order valence-corrected chi connectivity index (χ3v) is 2.99. The zero-order chi connectivity index (χ0) is 14.4. The van der Waals surface area contributed by atoms with E-state index in [0.29, 0.717) is 25.4 Å². The Hall–Kier alpha value is -2.11. The summed E-state index contributed by atoms with van der Waals surface area (Å²) < 4.78 is 10.4. The molecular formula is C14H18N2O4. The standard InChI is InChI=1S/C14H18N2O4/c1-2-19-14(18)6-5-13(17)16-9-12(10-16)20-11-4-3-7-15-8-11/h3-4,7-8,12H,2,5-6,9-10H2,1H3. The van der Waals surface area contributed by atoms with Gasteiger partial charge in [0.25, 0.3) is 0 Å². The molecule has 0 saturated carbocycles. The summed E-state index contributed by atoms with van der Waals surface area (Å²) in [5.41, 5.74) is 0. The predicted molar refractivity (Wildman–Crippen MR) is 71.1 cm³/mol. The van der Waals surface area contributed by atoms with Gasteiger partial charge in [0.05, 0.1) is 32.3 Å². The molecular weight excluding hydrogens is 260 g/mol. The highest BCUT2D eigenvalue weighted by Crippen LogP contribution is 2.17. The van der Waals surface area contributed by atoms with Crippen LogP contribution in [0.3, 0.4) is 0 Å². The summed E-state index contributed by atoms with van der Waals surface area (Å²) in [6.07, 6.45) is 3.66. The molecule has 6 nitrogen and oxygen atoms in total. The van der Waals surface area contributed by atoms with Crippen LogP contribution in [0.5, 0.6) is 5.75 Å². The first-order valence-corrected chi connectivity index (χ1v) is 6.69. The lowest BCUT2D eigenvalue weighted by Gasteiger charge is -2.38. The number of carbonyl (C=O) groups excluding carboxylic acids is 2. The lowest BCUT2D eigenvalue weighted by molar-refractivity contribution is -0.148. The molecule has 0 bridgehead atoms. The van der Waals surface area contributed by atoms with Crippen molar-refractivity contribution in [3.8, 4) is 5.75 Å². The maximum absolute atomic E-state index is 11.8. The molecule has 1 amide bonds. The fraction of sp³-hybridized carbons (Fsp3) is 0.500. The van der Waals surface area contributed by atoms with Crippen molar-refractivity contribution in [2.45, 2.75) is 25.9 Å². The molecule has 1 aromatic rings. The van der Waals surface area contributed by atoms with Gasteiger partial charge in [-0.1, -0.05) is 0 Å². The minimum absolute atomic E-state index is 0.00532. The zero-order valence-electron chi connectivity index (χ0n) is 11.4. The second-order valence-electron chi connectivity index (χ2n) is 4.53. The van der Waals surface area contributed by atoms with Crippen LogP contribution >= 0.6 is 0 Å². The third-order valence-electron chi connectivity index (χ3n) is 2.99. The number of likely N-dealkylation sites (tertiary alicyclic amines) is 1. The number of hydrogen-bond donors (Lipinski definition) is 0. The molecule has 6 heteroatoms. The second kappa shape index (κ2) is 6.88. The number of hydrogen-bond acceptors (Lipinski definition) is 5. The van der Waals surface area contributed by atoms with Crippen molar-refractivity contribution >= 4 is 11.9 Å².